The van der Waals surface area contributed by atoms with Crippen LogP contribution >= 0.6 is 0 Å². The van der Waals surface area contributed by atoms with Crippen molar-refractivity contribution in [2.75, 3.05) is 23.4 Å². The molecule has 1 aliphatic heterocycles. The van der Waals surface area contributed by atoms with E-state index in [0.29, 0.717) is 22.7 Å². The lowest BCUT2D eigenvalue weighted by atomic mass is 10.3. The van der Waals surface area contributed by atoms with Gasteiger partial charge in [0.25, 0.3) is 0 Å². The molecule has 1 fully saturated rings. The van der Waals surface area contributed by atoms with Crippen molar-refractivity contribution >= 4 is 34.3 Å². The van der Waals surface area contributed by atoms with Gasteiger partial charge in [0.2, 0.25) is 5.95 Å². The Hall–Kier alpha value is -2.87. The SMILES string of the molecule is Nc1ccc(Nc2nc(N)nc3c2ncn3C2CCCO2)cc1. The molecule has 3 aromatic rings. The summed E-state index contributed by atoms with van der Waals surface area (Å²) in [6, 6.07) is 7.37. The van der Waals surface area contributed by atoms with E-state index in [9.17, 15) is 0 Å². The summed E-state index contributed by atoms with van der Waals surface area (Å²) in [6.07, 6.45) is 3.65. The Balaban J connectivity index is 1.75. The van der Waals surface area contributed by atoms with Gasteiger partial charge in [-0.2, -0.15) is 9.97 Å². The van der Waals surface area contributed by atoms with E-state index in [1.54, 1.807) is 6.33 Å². The van der Waals surface area contributed by atoms with Crippen LogP contribution in [-0.2, 0) is 4.74 Å². The first-order valence-electron chi connectivity index (χ1n) is 7.45. The van der Waals surface area contributed by atoms with Crippen molar-refractivity contribution in [1.82, 2.24) is 19.5 Å². The Kier molecular flexibility index (Phi) is 3.23. The van der Waals surface area contributed by atoms with E-state index >= 15 is 0 Å². The zero-order chi connectivity index (χ0) is 15.8. The number of nitrogens with two attached hydrogens (primary N) is 2. The van der Waals surface area contributed by atoms with Crippen molar-refractivity contribution < 1.29 is 4.74 Å². The molecule has 23 heavy (non-hydrogen) atoms. The Morgan fingerprint density at radius 3 is 2.74 bits per heavy atom. The zero-order valence-corrected chi connectivity index (χ0v) is 12.4. The van der Waals surface area contributed by atoms with Crippen molar-refractivity contribution in [3.8, 4) is 0 Å². The fraction of sp³-hybridized carbons (Fsp3) is 0.267. The maximum absolute atomic E-state index is 5.87. The molecule has 0 spiro atoms. The molecule has 0 radical (unpaired) electrons. The van der Waals surface area contributed by atoms with E-state index < -0.39 is 0 Å². The molecule has 8 heteroatoms. The van der Waals surface area contributed by atoms with Crippen LogP contribution in [0.1, 0.15) is 19.1 Å². The summed E-state index contributed by atoms with van der Waals surface area (Å²) in [5.41, 5.74) is 14.4. The van der Waals surface area contributed by atoms with Crippen LogP contribution in [0.5, 0.6) is 0 Å². The Labute approximate surface area is 132 Å². The van der Waals surface area contributed by atoms with Gasteiger partial charge in [0.1, 0.15) is 6.23 Å². The van der Waals surface area contributed by atoms with Crippen LogP contribution in [0.2, 0.25) is 0 Å². The van der Waals surface area contributed by atoms with Crippen LogP contribution < -0.4 is 16.8 Å². The first-order chi connectivity index (χ1) is 11.2. The number of hydrogen-bond donors (Lipinski definition) is 3. The fourth-order valence-corrected chi connectivity index (χ4v) is 2.71. The molecule has 0 bridgehead atoms. The minimum Gasteiger partial charge on any atom is -0.399 e. The highest BCUT2D eigenvalue weighted by Crippen LogP contribution is 2.29. The van der Waals surface area contributed by atoms with E-state index in [2.05, 4.69) is 20.3 Å². The van der Waals surface area contributed by atoms with E-state index in [0.717, 1.165) is 25.1 Å². The molecule has 1 atom stereocenters. The van der Waals surface area contributed by atoms with Gasteiger partial charge in [-0.25, -0.2) is 4.98 Å². The molecule has 1 aromatic carbocycles. The van der Waals surface area contributed by atoms with Crippen molar-refractivity contribution in [1.29, 1.82) is 0 Å². The first-order valence-corrected chi connectivity index (χ1v) is 7.45. The lowest BCUT2D eigenvalue weighted by molar-refractivity contribution is 0.0593. The number of benzene rings is 1. The van der Waals surface area contributed by atoms with Crippen molar-refractivity contribution in [3.63, 3.8) is 0 Å². The summed E-state index contributed by atoms with van der Waals surface area (Å²) < 4.78 is 7.62. The van der Waals surface area contributed by atoms with Crippen molar-refractivity contribution in [2.45, 2.75) is 19.1 Å². The zero-order valence-electron chi connectivity index (χ0n) is 12.4. The highest BCUT2D eigenvalue weighted by atomic mass is 16.5. The second-order valence-corrected chi connectivity index (χ2v) is 5.47. The third-order valence-electron chi connectivity index (χ3n) is 3.83. The summed E-state index contributed by atoms with van der Waals surface area (Å²) in [5, 5.41) is 3.22. The largest absolute Gasteiger partial charge is 0.399 e. The summed E-state index contributed by atoms with van der Waals surface area (Å²) in [7, 11) is 0. The quantitative estimate of drug-likeness (QED) is 0.634. The van der Waals surface area contributed by atoms with Gasteiger partial charge in [0.05, 0.1) is 6.33 Å². The average molecular weight is 311 g/mol. The number of nitrogens with one attached hydrogen (secondary N) is 1. The number of nitrogen functional groups attached to an aromatic ring is 2. The normalized spacial score (nSPS) is 17.7. The minimum absolute atomic E-state index is 0.0429. The maximum Gasteiger partial charge on any atom is 0.224 e. The molecule has 0 aliphatic carbocycles. The summed E-state index contributed by atoms with van der Waals surface area (Å²) in [5.74, 6) is 0.754. The summed E-state index contributed by atoms with van der Waals surface area (Å²) >= 11 is 0. The van der Waals surface area contributed by atoms with E-state index in [1.807, 2.05) is 28.8 Å². The molecule has 1 aliphatic rings. The third-order valence-corrected chi connectivity index (χ3v) is 3.83. The van der Waals surface area contributed by atoms with Gasteiger partial charge in [-0.1, -0.05) is 0 Å². The average Bonchev–Trinajstić information content (AvgIpc) is 3.18. The monoisotopic (exact) mass is 311 g/mol. The third kappa shape index (κ3) is 2.53. The van der Waals surface area contributed by atoms with E-state index in [1.165, 1.54) is 0 Å². The molecule has 2 aromatic heterocycles. The predicted octanol–water partition coefficient (Wildman–Crippen LogP) is 2.04. The molecule has 5 N–H and O–H groups in total. The van der Waals surface area contributed by atoms with Gasteiger partial charge >= 0.3 is 0 Å². The van der Waals surface area contributed by atoms with E-state index in [4.69, 9.17) is 16.2 Å². The predicted molar refractivity (Wildman–Crippen MR) is 88.1 cm³/mol. The number of hydrogen-bond acceptors (Lipinski definition) is 7. The number of ether oxygens (including phenoxy) is 1. The molecule has 8 nitrogen and oxygen atoms in total. The molecule has 0 saturated carbocycles. The Morgan fingerprint density at radius 1 is 1.17 bits per heavy atom. The molecule has 1 saturated heterocycles. The topological polar surface area (TPSA) is 117 Å². The highest BCUT2D eigenvalue weighted by molar-refractivity contribution is 5.86. The molecular weight excluding hydrogens is 294 g/mol. The van der Waals surface area contributed by atoms with E-state index in [-0.39, 0.29) is 12.2 Å². The number of imidazole rings is 1. The fourth-order valence-electron chi connectivity index (χ4n) is 2.71. The maximum atomic E-state index is 5.87. The number of nitrogens with zero attached hydrogens (tertiary/aromatic N) is 4. The molecule has 4 rings (SSSR count). The van der Waals surface area contributed by atoms with Gasteiger partial charge in [0, 0.05) is 18.0 Å². The van der Waals surface area contributed by atoms with Gasteiger partial charge in [-0.05, 0) is 37.1 Å². The summed E-state index contributed by atoms with van der Waals surface area (Å²) in [4.78, 5) is 13.0. The highest BCUT2D eigenvalue weighted by Gasteiger charge is 2.22. The van der Waals surface area contributed by atoms with Crippen molar-refractivity contribution in [3.05, 3.63) is 30.6 Å². The smallest absolute Gasteiger partial charge is 0.224 e. The second kappa shape index (κ2) is 5.40. The van der Waals surface area contributed by atoms with Crippen LogP contribution in [0.15, 0.2) is 30.6 Å². The lowest BCUT2D eigenvalue weighted by Crippen LogP contribution is -2.08. The Bertz CT molecular complexity index is 837. The second-order valence-electron chi connectivity index (χ2n) is 5.47. The van der Waals surface area contributed by atoms with Crippen LogP contribution in [0.4, 0.5) is 23.1 Å². The van der Waals surface area contributed by atoms with Crippen molar-refractivity contribution in [2.24, 2.45) is 0 Å². The molecule has 118 valence electrons. The molecular formula is C15H17N7O. The van der Waals surface area contributed by atoms with Crippen LogP contribution in [0.25, 0.3) is 11.2 Å². The number of fused-ring (bicyclic) bond motifs is 1. The van der Waals surface area contributed by atoms with Gasteiger partial charge < -0.3 is 21.5 Å². The first kappa shape index (κ1) is 13.8. The molecule has 1 unspecified atom stereocenters. The minimum atomic E-state index is -0.0429. The standard InChI is InChI=1S/C15H17N7O/c16-9-3-5-10(6-4-9)19-13-12-14(21-15(17)20-13)22(8-18-12)11-2-1-7-23-11/h3-6,8,11H,1-2,7,16H2,(H3,17,19,20,21). The Morgan fingerprint density at radius 2 is 2.00 bits per heavy atom. The number of rotatable bonds is 3. The van der Waals surface area contributed by atoms with Gasteiger partial charge in [0.15, 0.2) is 17.0 Å². The van der Waals surface area contributed by atoms with Crippen LogP contribution in [-0.4, -0.2) is 26.1 Å². The van der Waals surface area contributed by atoms with Crippen LogP contribution in [0.3, 0.4) is 0 Å². The van der Waals surface area contributed by atoms with Gasteiger partial charge in [-0.3, -0.25) is 4.57 Å². The van der Waals surface area contributed by atoms with Gasteiger partial charge in [-0.15, -0.1) is 0 Å². The molecule has 3 heterocycles. The number of anilines is 4. The van der Waals surface area contributed by atoms with Crippen LogP contribution in [0, 0.1) is 0 Å². The molecule has 0 amide bonds. The summed E-state index contributed by atoms with van der Waals surface area (Å²) in [6.45, 7) is 0.751. The lowest BCUT2D eigenvalue weighted by Gasteiger charge is -2.12. The number of aromatic nitrogens is 4.